The van der Waals surface area contributed by atoms with E-state index in [1.807, 2.05) is 25.1 Å². The van der Waals surface area contributed by atoms with E-state index >= 15 is 0 Å². The van der Waals surface area contributed by atoms with Gasteiger partial charge in [0.2, 0.25) is 5.91 Å². The van der Waals surface area contributed by atoms with Gasteiger partial charge in [0.25, 0.3) is 5.56 Å². The van der Waals surface area contributed by atoms with E-state index in [-0.39, 0.29) is 16.9 Å². The summed E-state index contributed by atoms with van der Waals surface area (Å²) in [5.74, 6) is -0.352. The van der Waals surface area contributed by atoms with Gasteiger partial charge in [-0.15, -0.1) is 0 Å². The predicted octanol–water partition coefficient (Wildman–Crippen LogP) is 1.05. The monoisotopic (exact) mass is 380 g/mol. The van der Waals surface area contributed by atoms with E-state index in [9.17, 15) is 14.4 Å². The summed E-state index contributed by atoms with van der Waals surface area (Å²) in [6.07, 6.45) is 1.30. The number of halogens is 1. The van der Waals surface area contributed by atoms with Gasteiger partial charge in [0, 0.05) is 18.4 Å². The first-order valence-corrected chi connectivity index (χ1v) is 7.88. The zero-order valence-corrected chi connectivity index (χ0v) is 14.1. The molecule has 0 atom stereocenters. The molecule has 0 saturated heterocycles. The van der Waals surface area contributed by atoms with Crippen LogP contribution in [0.25, 0.3) is 0 Å². The van der Waals surface area contributed by atoms with Crippen molar-refractivity contribution in [2.75, 3.05) is 11.9 Å². The van der Waals surface area contributed by atoms with Crippen LogP contribution in [0.5, 0.6) is 0 Å². The van der Waals surface area contributed by atoms with Crippen molar-refractivity contribution in [1.82, 2.24) is 14.9 Å². The van der Waals surface area contributed by atoms with Gasteiger partial charge in [0.1, 0.15) is 6.54 Å². The van der Waals surface area contributed by atoms with Crippen molar-refractivity contribution in [3.63, 3.8) is 0 Å². The summed E-state index contributed by atoms with van der Waals surface area (Å²) >= 11 is 3.03. The largest absolute Gasteiger partial charge is 0.328 e. The van der Waals surface area contributed by atoms with Gasteiger partial charge in [-0.05, 0) is 34.1 Å². The number of carbonyl (C=O) groups is 1. The van der Waals surface area contributed by atoms with E-state index in [0.29, 0.717) is 12.2 Å². The Morgan fingerprint density at radius 1 is 1.30 bits per heavy atom. The minimum Gasteiger partial charge on any atom is -0.324 e. The van der Waals surface area contributed by atoms with E-state index in [1.54, 1.807) is 6.07 Å². The second-order valence-electron chi connectivity index (χ2n) is 4.85. The topological polar surface area (TPSA) is 96.0 Å². The average molecular weight is 381 g/mol. The maximum Gasteiger partial charge on any atom is 0.328 e. The quantitative estimate of drug-likeness (QED) is 0.697. The van der Waals surface area contributed by atoms with Crippen molar-refractivity contribution in [2.45, 2.75) is 20.0 Å². The van der Waals surface area contributed by atoms with Crippen LogP contribution in [0.15, 0.2) is 44.5 Å². The standard InChI is InChI=1S/C15H17BrN4O3/c1-2-17-7-10-5-3-4-6-12(10)18-13(21)9-20-8-11(16)14(22)19-15(20)23/h3-6,8,17H,2,7,9H2,1H3,(H,18,21)(H,19,22,23). The summed E-state index contributed by atoms with van der Waals surface area (Å²) in [7, 11) is 0. The molecule has 122 valence electrons. The van der Waals surface area contributed by atoms with Crippen molar-refractivity contribution >= 4 is 27.5 Å². The lowest BCUT2D eigenvalue weighted by molar-refractivity contribution is -0.116. The molecule has 0 bridgehead atoms. The molecule has 0 aliphatic rings. The molecule has 1 aromatic heterocycles. The third-order valence-electron chi connectivity index (χ3n) is 3.14. The summed E-state index contributed by atoms with van der Waals surface area (Å²) < 4.78 is 1.32. The van der Waals surface area contributed by atoms with Gasteiger partial charge in [-0.2, -0.15) is 0 Å². The summed E-state index contributed by atoms with van der Waals surface area (Å²) in [6, 6.07) is 7.44. The molecule has 3 N–H and O–H groups in total. The first-order chi connectivity index (χ1) is 11.0. The summed E-state index contributed by atoms with van der Waals surface area (Å²) in [6.45, 7) is 3.27. The van der Waals surface area contributed by atoms with Gasteiger partial charge >= 0.3 is 5.69 Å². The molecule has 0 unspecified atom stereocenters. The molecule has 7 nitrogen and oxygen atoms in total. The molecule has 23 heavy (non-hydrogen) atoms. The second-order valence-corrected chi connectivity index (χ2v) is 5.70. The van der Waals surface area contributed by atoms with E-state index in [2.05, 4.69) is 31.5 Å². The average Bonchev–Trinajstić information content (AvgIpc) is 2.51. The number of rotatable bonds is 6. The molecular formula is C15H17BrN4O3. The minimum absolute atomic E-state index is 0.191. The molecule has 2 aromatic rings. The maximum atomic E-state index is 12.2. The van der Waals surface area contributed by atoms with Gasteiger partial charge in [-0.1, -0.05) is 25.1 Å². The molecule has 2 rings (SSSR count). The second kappa shape index (κ2) is 7.89. The normalized spacial score (nSPS) is 10.5. The highest BCUT2D eigenvalue weighted by Crippen LogP contribution is 2.14. The lowest BCUT2D eigenvalue weighted by Crippen LogP contribution is -2.33. The van der Waals surface area contributed by atoms with Gasteiger partial charge in [-0.25, -0.2) is 4.79 Å². The van der Waals surface area contributed by atoms with E-state index < -0.39 is 11.2 Å². The Kier molecular flexibility index (Phi) is 5.89. The van der Waals surface area contributed by atoms with Crippen molar-refractivity contribution in [2.24, 2.45) is 0 Å². The Labute approximate surface area is 140 Å². The predicted molar refractivity (Wildman–Crippen MR) is 91.5 cm³/mol. The molecule has 0 aliphatic heterocycles. The van der Waals surface area contributed by atoms with Crippen LogP contribution < -0.4 is 21.9 Å². The Balaban J connectivity index is 2.13. The smallest absolute Gasteiger partial charge is 0.324 e. The van der Waals surface area contributed by atoms with Crippen LogP contribution in [0, 0.1) is 0 Å². The van der Waals surface area contributed by atoms with Gasteiger partial charge in [0.05, 0.1) is 4.47 Å². The molecule has 1 aromatic carbocycles. The van der Waals surface area contributed by atoms with Gasteiger partial charge < -0.3 is 10.6 Å². The molecule has 0 saturated carbocycles. The maximum absolute atomic E-state index is 12.2. The summed E-state index contributed by atoms with van der Waals surface area (Å²) in [5, 5.41) is 5.98. The molecule has 0 radical (unpaired) electrons. The summed E-state index contributed by atoms with van der Waals surface area (Å²) in [4.78, 5) is 37.3. The number of nitrogens with zero attached hydrogens (tertiary/aromatic N) is 1. The molecule has 1 amide bonds. The highest BCUT2D eigenvalue weighted by atomic mass is 79.9. The lowest BCUT2D eigenvalue weighted by Gasteiger charge is -2.12. The number of hydrogen-bond donors (Lipinski definition) is 3. The van der Waals surface area contributed by atoms with Crippen LogP contribution in [0.2, 0.25) is 0 Å². The van der Waals surface area contributed by atoms with Crippen LogP contribution in [-0.2, 0) is 17.9 Å². The molecule has 1 heterocycles. The first-order valence-electron chi connectivity index (χ1n) is 7.09. The first kappa shape index (κ1) is 17.2. The SMILES string of the molecule is CCNCc1ccccc1NC(=O)Cn1cc(Br)c(=O)[nH]c1=O. The number of para-hydroxylation sites is 1. The van der Waals surface area contributed by atoms with E-state index in [4.69, 9.17) is 0 Å². The molecular weight excluding hydrogens is 364 g/mol. The number of amides is 1. The Bertz CT molecular complexity index is 813. The Morgan fingerprint density at radius 3 is 2.78 bits per heavy atom. The highest BCUT2D eigenvalue weighted by Gasteiger charge is 2.09. The number of aromatic amines is 1. The number of nitrogens with one attached hydrogen (secondary N) is 3. The fraction of sp³-hybridized carbons (Fsp3) is 0.267. The van der Waals surface area contributed by atoms with Crippen molar-refractivity contribution in [1.29, 1.82) is 0 Å². The van der Waals surface area contributed by atoms with Crippen LogP contribution in [0.1, 0.15) is 12.5 Å². The molecule has 0 aliphatic carbocycles. The zero-order chi connectivity index (χ0) is 16.8. The third-order valence-corrected chi connectivity index (χ3v) is 3.70. The van der Waals surface area contributed by atoms with Gasteiger partial charge in [-0.3, -0.25) is 19.1 Å². The van der Waals surface area contributed by atoms with Crippen LogP contribution in [0.4, 0.5) is 5.69 Å². The summed E-state index contributed by atoms with van der Waals surface area (Å²) in [5.41, 5.74) is 0.490. The third kappa shape index (κ3) is 4.64. The van der Waals surface area contributed by atoms with E-state index in [0.717, 1.165) is 16.7 Å². The van der Waals surface area contributed by atoms with Crippen LogP contribution >= 0.6 is 15.9 Å². The number of anilines is 1. The van der Waals surface area contributed by atoms with Crippen molar-refractivity contribution < 1.29 is 4.79 Å². The number of H-pyrrole nitrogens is 1. The fourth-order valence-corrected chi connectivity index (χ4v) is 2.35. The Morgan fingerprint density at radius 2 is 2.04 bits per heavy atom. The van der Waals surface area contributed by atoms with Crippen molar-refractivity contribution in [3.05, 3.63) is 61.3 Å². The van der Waals surface area contributed by atoms with Crippen molar-refractivity contribution in [3.8, 4) is 0 Å². The van der Waals surface area contributed by atoms with Crippen LogP contribution in [-0.4, -0.2) is 22.0 Å². The van der Waals surface area contributed by atoms with Crippen LogP contribution in [0.3, 0.4) is 0 Å². The van der Waals surface area contributed by atoms with E-state index in [1.165, 1.54) is 6.20 Å². The number of carbonyl (C=O) groups excluding carboxylic acids is 1. The number of hydrogen-bond acceptors (Lipinski definition) is 4. The molecule has 8 heteroatoms. The van der Waals surface area contributed by atoms with Gasteiger partial charge in [0.15, 0.2) is 0 Å². The Hall–Kier alpha value is -2.19. The number of benzene rings is 1. The fourth-order valence-electron chi connectivity index (χ4n) is 2.00. The number of aromatic nitrogens is 2. The lowest BCUT2D eigenvalue weighted by atomic mass is 10.1. The zero-order valence-electron chi connectivity index (χ0n) is 12.6. The molecule has 0 spiro atoms. The molecule has 0 fully saturated rings. The highest BCUT2D eigenvalue weighted by molar-refractivity contribution is 9.10. The minimum atomic E-state index is -0.630.